The molecule has 0 bridgehead atoms. The van der Waals surface area contributed by atoms with Gasteiger partial charge in [0, 0.05) is 25.8 Å². The summed E-state index contributed by atoms with van der Waals surface area (Å²) >= 11 is 4.92. The molecule has 114 valence electrons. The summed E-state index contributed by atoms with van der Waals surface area (Å²) in [4.78, 5) is 14.7. The van der Waals surface area contributed by atoms with Gasteiger partial charge in [-0.2, -0.15) is 0 Å². The minimum Gasteiger partial charge on any atom is -0.389 e. The van der Waals surface area contributed by atoms with Gasteiger partial charge in [-0.3, -0.25) is 4.79 Å². The van der Waals surface area contributed by atoms with Gasteiger partial charge in [-0.05, 0) is 25.3 Å². The third-order valence-corrected chi connectivity index (χ3v) is 4.33. The number of hydrogen-bond acceptors (Lipinski definition) is 3. The van der Waals surface area contributed by atoms with Crippen molar-refractivity contribution >= 4 is 23.1 Å². The van der Waals surface area contributed by atoms with Crippen molar-refractivity contribution < 1.29 is 9.53 Å². The Labute approximate surface area is 131 Å². The number of ether oxygens (including phenoxy) is 1. The van der Waals surface area contributed by atoms with Gasteiger partial charge < -0.3 is 15.4 Å². The lowest BCUT2D eigenvalue weighted by atomic mass is 9.94. The zero-order valence-corrected chi connectivity index (χ0v) is 13.4. The van der Waals surface area contributed by atoms with Crippen molar-refractivity contribution in [1.29, 1.82) is 0 Å². The van der Waals surface area contributed by atoms with Crippen LogP contribution in [0, 0.1) is 0 Å². The van der Waals surface area contributed by atoms with Crippen molar-refractivity contribution in [3.05, 3.63) is 35.4 Å². The molecule has 1 aromatic rings. The van der Waals surface area contributed by atoms with Gasteiger partial charge in [0.1, 0.15) is 4.99 Å². The van der Waals surface area contributed by atoms with Gasteiger partial charge in [0.25, 0.3) is 0 Å². The van der Waals surface area contributed by atoms with Gasteiger partial charge in [-0.1, -0.05) is 36.5 Å². The Bertz CT molecular complexity index is 530. The molecule has 0 aromatic heterocycles. The van der Waals surface area contributed by atoms with Crippen molar-refractivity contribution in [2.24, 2.45) is 5.73 Å². The van der Waals surface area contributed by atoms with E-state index in [4.69, 9.17) is 22.7 Å². The predicted molar refractivity (Wildman–Crippen MR) is 87.3 cm³/mol. The predicted octanol–water partition coefficient (Wildman–Crippen LogP) is 1.89. The van der Waals surface area contributed by atoms with E-state index in [1.54, 1.807) is 7.11 Å². The molecule has 1 heterocycles. The fraction of sp³-hybridized carbons (Fsp3) is 0.500. The van der Waals surface area contributed by atoms with E-state index in [-0.39, 0.29) is 11.5 Å². The first-order chi connectivity index (χ1) is 9.93. The molecule has 0 spiro atoms. The first-order valence-electron chi connectivity index (χ1n) is 7.15. The lowest BCUT2D eigenvalue weighted by Gasteiger charge is -2.39. The van der Waals surface area contributed by atoms with Crippen LogP contribution in [0.25, 0.3) is 0 Å². The summed E-state index contributed by atoms with van der Waals surface area (Å²) in [6.07, 6.45) is 2.38. The Morgan fingerprint density at radius 3 is 2.67 bits per heavy atom. The van der Waals surface area contributed by atoms with Crippen molar-refractivity contribution in [2.45, 2.75) is 31.8 Å². The highest BCUT2D eigenvalue weighted by Crippen LogP contribution is 2.24. The van der Waals surface area contributed by atoms with E-state index < -0.39 is 0 Å². The first-order valence-corrected chi connectivity index (χ1v) is 7.56. The molecule has 0 radical (unpaired) electrons. The average molecular weight is 306 g/mol. The topological polar surface area (TPSA) is 55.6 Å². The summed E-state index contributed by atoms with van der Waals surface area (Å²) in [5.41, 5.74) is 7.15. The van der Waals surface area contributed by atoms with E-state index in [2.05, 4.69) is 6.92 Å². The monoisotopic (exact) mass is 306 g/mol. The second-order valence-electron chi connectivity index (χ2n) is 5.81. The van der Waals surface area contributed by atoms with E-state index in [0.717, 1.165) is 30.5 Å². The minimum absolute atomic E-state index is 0.140. The summed E-state index contributed by atoms with van der Waals surface area (Å²) in [7, 11) is 1.71. The number of nitrogens with two attached hydrogens (primary N) is 1. The summed E-state index contributed by atoms with van der Waals surface area (Å²) in [6, 6.07) is 7.54. The van der Waals surface area contributed by atoms with Gasteiger partial charge >= 0.3 is 0 Å². The van der Waals surface area contributed by atoms with Crippen LogP contribution in [0.3, 0.4) is 0 Å². The highest BCUT2D eigenvalue weighted by molar-refractivity contribution is 7.80. The second-order valence-corrected chi connectivity index (χ2v) is 6.25. The Hall–Kier alpha value is -1.46. The molecule has 2 N–H and O–H groups in total. The molecule has 4 nitrogen and oxygen atoms in total. The zero-order chi connectivity index (χ0) is 15.5. The van der Waals surface area contributed by atoms with Gasteiger partial charge in [0.15, 0.2) is 0 Å². The van der Waals surface area contributed by atoms with Gasteiger partial charge in [-0.15, -0.1) is 0 Å². The number of carbonyl (C=O) groups excluding carboxylic acids is 1. The lowest BCUT2D eigenvalue weighted by molar-refractivity contribution is -0.138. The number of rotatable bonds is 4. The molecule has 1 atom stereocenters. The van der Waals surface area contributed by atoms with Crippen molar-refractivity contribution in [1.82, 2.24) is 4.90 Å². The molecule has 0 saturated carbocycles. The number of likely N-dealkylation sites (tertiary alicyclic amines) is 1. The first kappa shape index (κ1) is 15.9. The Kier molecular flexibility index (Phi) is 4.96. The summed E-state index contributed by atoms with van der Waals surface area (Å²) < 4.78 is 5.53. The van der Waals surface area contributed by atoms with E-state index in [9.17, 15) is 4.79 Å². The molecule has 2 rings (SSSR count). The van der Waals surface area contributed by atoms with Crippen LogP contribution in [-0.4, -0.2) is 41.6 Å². The molecule has 21 heavy (non-hydrogen) atoms. The third-order valence-electron chi connectivity index (χ3n) is 4.10. The zero-order valence-electron chi connectivity index (χ0n) is 12.6. The summed E-state index contributed by atoms with van der Waals surface area (Å²) in [5.74, 6) is 0.140. The van der Waals surface area contributed by atoms with E-state index in [0.29, 0.717) is 18.0 Å². The molecule has 1 fully saturated rings. The van der Waals surface area contributed by atoms with E-state index in [1.165, 1.54) is 0 Å². The number of piperidine rings is 1. The lowest BCUT2D eigenvalue weighted by Crippen LogP contribution is -2.50. The molecule has 1 saturated heterocycles. The maximum atomic E-state index is 12.4. The fourth-order valence-electron chi connectivity index (χ4n) is 2.66. The van der Waals surface area contributed by atoms with Crippen LogP contribution in [-0.2, 0) is 16.0 Å². The quantitative estimate of drug-likeness (QED) is 0.863. The van der Waals surface area contributed by atoms with Crippen LogP contribution in [0.5, 0.6) is 0 Å². The molecule has 1 aliphatic heterocycles. The van der Waals surface area contributed by atoms with Gasteiger partial charge in [-0.25, -0.2) is 0 Å². The van der Waals surface area contributed by atoms with Crippen LogP contribution >= 0.6 is 12.2 Å². The molecule has 1 amide bonds. The maximum Gasteiger partial charge on any atom is 0.227 e. The Balaban J connectivity index is 1.99. The number of amides is 1. The van der Waals surface area contributed by atoms with Crippen LogP contribution in [0.1, 0.15) is 30.9 Å². The smallest absolute Gasteiger partial charge is 0.227 e. The van der Waals surface area contributed by atoms with Crippen molar-refractivity contribution in [3.63, 3.8) is 0 Å². The molecular weight excluding hydrogens is 284 g/mol. The van der Waals surface area contributed by atoms with Crippen LogP contribution in [0.15, 0.2) is 24.3 Å². The number of carbonyl (C=O) groups is 1. The third kappa shape index (κ3) is 4.02. The van der Waals surface area contributed by atoms with E-state index in [1.807, 2.05) is 29.2 Å². The van der Waals surface area contributed by atoms with E-state index >= 15 is 0 Å². The van der Waals surface area contributed by atoms with Crippen LogP contribution < -0.4 is 5.73 Å². The summed E-state index contributed by atoms with van der Waals surface area (Å²) in [6.45, 7) is 3.53. The molecule has 1 aromatic carbocycles. The van der Waals surface area contributed by atoms with Crippen LogP contribution in [0.2, 0.25) is 0 Å². The van der Waals surface area contributed by atoms with Gasteiger partial charge in [0.05, 0.1) is 12.0 Å². The molecular formula is C16H22N2O2S. The standard InChI is InChI=1S/C16H22N2O2S/c1-16(20-2)8-3-9-18(11-16)14(19)10-12-4-6-13(7-5-12)15(17)21/h4-7H,3,8-11H2,1-2H3,(H2,17,21). The Morgan fingerprint density at radius 2 is 2.10 bits per heavy atom. The molecule has 5 heteroatoms. The average Bonchev–Trinajstić information content (AvgIpc) is 2.48. The van der Waals surface area contributed by atoms with Crippen molar-refractivity contribution in [3.8, 4) is 0 Å². The summed E-state index contributed by atoms with van der Waals surface area (Å²) in [5, 5.41) is 0. The molecule has 0 aliphatic carbocycles. The second kappa shape index (κ2) is 6.54. The van der Waals surface area contributed by atoms with Crippen molar-refractivity contribution in [2.75, 3.05) is 20.2 Å². The van der Waals surface area contributed by atoms with Gasteiger partial charge in [0.2, 0.25) is 5.91 Å². The Morgan fingerprint density at radius 1 is 1.43 bits per heavy atom. The highest BCUT2D eigenvalue weighted by Gasteiger charge is 2.32. The SMILES string of the molecule is COC1(C)CCCN(C(=O)Cc2ccc(C(N)=S)cc2)C1. The number of nitrogens with zero attached hydrogens (tertiary/aromatic N) is 1. The number of hydrogen-bond donors (Lipinski definition) is 1. The molecule has 1 aliphatic rings. The molecule has 1 unspecified atom stereocenters. The number of thiocarbonyl (C=S) groups is 1. The fourth-order valence-corrected chi connectivity index (χ4v) is 2.79. The normalized spacial score (nSPS) is 22.1. The van der Waals surface area contributed by atoms with Crippen LogP contribution in [0.4, 0.5) is 0 Å². The maximum absolute atomic E-state index is 12.4. The minimum atomic E-state index is -0.219. The number of benzene rings is 1. The number of methoxy groups -OCH3 is 1. The largest absolute Gasteiger partial charge is 0.389 e. The highest BCUT2D eigenvalue weighted by atomic mass is 32.1.